The monoisotopic (exact) mass is 302 g/mol. The summed E-state index contributed by atoms with van der Waals surface area (Å²) in [5.74, 6) is -0.287. The quantitative estimate of drug-likeness (QED) is 0.943. The van der Waals surface area contributed by atoms with Crippen LogP contribution in [-0.4, -0.2) is 33.7 Å². The fraction of sp³-hybridized carbons (Fsp3) is 0.375. The maximum Gasteiger partial charge on any atom is 0.238 e. The Kier molecular flexibility index (Phi) is 4.20. The van der Waals surface area contributed by atoms with E-state index in [1.54, 1.807) is 36.3 Å². The van der Waals surface area contributed by atoms with Gasteiger partial charge in [0.15, 0.2) is 0 Å². The Bertz CT molecular complexity index is 652. The molecule has 1 atom stereocenters. The number of nitrogens with zero attached hydrogens (tertiary/aromatic N) is 3. The van der Waals surface area contributed by atoms with Crippen LogP contribution in [0.1, 0.15) is 24.4 Å². The first-order chi connectivity index (χ1) is 10.6. The summed E-state index contributed by atoms with van der Waals surface area (Å²) >= 11 is 0. The number of anilines is 1. The first-order valence-corrected chi connectivity index (χ1v) is 7.40. The number of hydrogen-bond donors (Lipinski definition) is 1. The molecule has 1 aromatic heterocycles. The van der Waals surface area contributed by atoms with Crippen LogP contribution in [0.2, 0.25) is 0 Å². The zero-order valence-electron chi connectivity index (χ0n) is 12.5. The average molecular weight is 302 g/mol. The molecule has 1 saturated heterocycles. The van der Waals surface area contributed by atoms with Gasteiger partial charge in [0.1, 0.15) is 5.82 Å². The minimum Gasteiger partial charge on any atom is -0.322 e. The number of halogens is 1. The second-order valence-electron chi connectivity index (χ2n) is 5.63. The molecule has 0 aliphatic carbocycles. The van der Waals surface area contributed by atoms with Gasteiger partial charge in [-0.15, -0.1) is 0 Å². The van der Waals surface area contributed by atoms with E-state index < -0.39 is 0 Å². The molecule has 116 valence electrons. The lowest BCUT2D eigenvalue weighted by Gasteiger charge is -2.24. The normalized spacial score (nSPS) is 18.5. The van der Waals surface area contributed by atoms with Gasteiger partial charge in [-0.3, -0.25) is 14.4 Å². The third kappa shape index (κ3) is 3.33. The third-order valence-electron chi connectivity index (χ3n) is 3.95. The molecular weight excluding hydrogens is 283 g/mol. The van der Waals surface area contributed by atoms with E-state index in [1.807, 2.05) is 0 Å². The Labute approximate surface area is 128 Å². The second-order valence-corrected chi connectivity index (χ2v) is 5.63. The maximum absolute atomic E-state index is 13.0. The third-order valence-corrected chi connectivity index (χ3v) is 3.95. The van der Waals surface area contributed by atoms with Crippen molar-refractivity contribution in [2.45, 2.75) is 18.9 Å². The molecule has 0 bridgehead atoms. The highest BCUT2D eigenvalue weighted by Crippen LogP contribution is 2.31. The summed E-state index contributed by atoms with van der Waals surface area (Å²) in [4.78, 5) is 14.3. The van der Waals surface area contributed by atoms with Crippen LogP contribution < -0.4 is 5.32 Å². The molecule has 1 amide bonds. The number of carbonyl (C=O) groups excluding carboxylic acids is 1. The minimum absolute atomic E-state index is 0.0537. The number of rotatable bonds is 4. The van der Waals surface area contributed by atoms with Crippen molar-refractivity contribution in [3.63, 3.8) is 0 Å². The fourth-order valence-electron chi connectivity index (χ4n) is 2.95. The summed E-state index contributed by atoms with van der Waals surface area (Å²) in [6, 6.07) is 6.73. The Balaban J connectivity index is 1.63. The molecule has 1 fully saturated rings. The molecule has 1 aliphatic rings. The summed E-state index contributed by atoms with van der Waals surface area (Å²) in [6.45, 7) is 1.21. The van der Waals surface area contributed by atoms with E-state index in [0.29, 0.717) is 12.2 Å². The van der Waals surface area contributed by atoms with Gasteiger partial charge in [0.25, 0.3) is 0 Å². The molecule has 0 saturated carbocycles. The molecule has 22 heavy (non-hydrogen) atoms. The van der Waals surface area contributed by atoms with Gasteiger partial charge in [0.2, 0.25) is 5.91 Å². The van der Waals surface area contributed by atoms with Gasteiger partial charge in [0, 0.05) is 19.3 Å². The van der Waals surface area contributed by atoms with Crippen LogP contribution in [0, 0.1) is 5.82 Å². The number of nitrogens with one attached hydrogen (secondary N) is 1. The van der Waals surface area contributed by atoms with Crippen LogP contribution >= 0.6 is 0 Å². The van der Waals surface area contributed by atoms with Crippen LogP contribution in [0.25, 0.3) is 0 Å². The Hall–Kier alpha value is -2.21. The maximum atomic E-state index is 13.0. The summed E-state index contributed by atoms with van der Waals surface area (Å²) in [6.07, 6.45) is 5.42. The van der Waals surface area contributed by atoms with E-state index in [0.717, 1.165) is 24.9 Å². The second kappa shape index (κ2) is 6.27. The molecule has 2 aromatic rings. The molecule has 5 nitrogen and oxygen atoms in total. The molecule has 1 unspecified atom stereocenters. The Morgan fingerprint density at radius 1 is 1.41 bits per heavy atom. The van der Waals surface area contributed by atoms with Crippen molar-refractivity contribution in [2.75, 3.05) is 18.4 Å². The SMILES string of the molecule is Cn1cc(NC(=O)CN2CCCC2c2ccc(F)cc2)cn1. The van der Waals surface area contributed by atoms with Gasteiger partial charge in [-0.2, -0.15) is 5.10 Å². The summed E-state index contributed by atoms with van der Waals surface area (Å²) in [5, 5.41) is 6.87. The number of hydrogen-bond acceptors (Lipinski definition) is 3. The summed E-state index contributed by atoms with van der Waals surface area (Å²) < 4.78 is 14.7. The Morgan fingerprint density at radius 3 is 2.86 bits per heavy atom. The van der Waals surface area contributed by atoms with Crippen LogP contribution in [0.5, 0.6) is 0 Å². The number of aryl methyl sites for hydroxylation is 1. The fourth-order valence-corrected chi connectivity index (χ4v) is 2.95. The minimum atomic E-state index is -0.234. The van der Waals surface area contributed by atoms with Crippen molar-refractivity contribution >= 4 is 11.6 Å². The highest BCUT2D eigenvalue weighted by Gasteiger charge is 2.27. The molecule has 6 heteroatoms. The number of carbonyl (C=O) groups is 1. The zero-order chi connectivity index (χ0) is 15.5. The number of benzene rings is 1. The molecule has 0 radical (unpaired) electrons. The van der Waals surface area contributed by atoms with Crippen molar-refractivity contribution < 1.29 is 9.18 Å². The van der Waals surface area contributed by atoms with Crippen molar-refractivity contribution in [3.05, 3.63) is 48.0 Å². The largest absolute Gasteiger partial charge is 0.322 e. The van der Waals surface area contributed by atoms with Gasteiger partial charge in [-0.1, -0.05) is 12.1 Å². The lowest BCUT2D eigenvalue weighted by molar-refractivity contribution is -0.117. The van der Waals surface area contributed by atoms with Gasteiger partial charge in [-0.05, 0) is 37.1 Å². The number of likely N-dealkylation sites (tertiary alicyclic amines) is 1. The van der Waals surface area contributed by atoms with E-state index >= 15 is 0 Å². The van der Waals surface area contributed by atoms with Crippen LogP contribution in [-0.2, 0) is 11.8 Å². The molecule has 3 rings (SSSR count). The van der Waals surface area contributed by atoms with E-state index in [2.05, 4.69) is 15.3 Å². The van der Waals surface area contributed by atoms with E-state index in [9.17, 15) is 9.18 Å². The van der Waals surface area contributed by atoms with Gasteiger partial charge < -0.3 is 5.32 Å². The topological polar surface area (TPSA) is 50.2 Å². The van der Waals surface area contributed by atoms with Crippen LogP contribution in [0.4, 0.5) is 10.1 Å². The molecule has 1 N–H and O–H groups in total. The Morgan fingerprint density at radius 2 is 2.18 bits per heavy atom. The molecule has 2 heterocycles. The van der Waals surface area contributed by atoms with Gasteiger partial charge in [0.05, 0.1) is 18.4 Å². The van der Waals surface area contributed by atoms with Crippen LogP contribution in [0.3, 0.4) is 0 Å². The predicted molar refractivity (Wildman–Crippen MR) is 81.8 cm³/mol. The summed E-state index contributed by atoms with van der Waals surface area (Å²) in [5.41, 5.74) is 1.76. The first-order valence-electron chi connectivity index (χ1n) is 7.40. The average Bonchev–Trinajstić information content (AvgIpc) is 3.09. The molecule has 0 spiro atoms. The number of aromatic nitrogens is 2. The lowest BCUT2D eigenvalue weighted by atomic mass is 10.0. The molecule has 1 aromatic carbocycles. The lowest BCUT2D eigenvalue weighted by Crippen LogP contribution is -2.32. The van der Waals surface area contributed by atoms with Crippen LogP contribution in [0.15, 0.2) is 36.7 Å². The van der Waals surface area contributed by atoms with E-state index in [4.69, 9.17) is 0 Å². The van der Waals surface area contributed by atoms with Crippen molar-refractivity contribution in [1.29, 1.82) is 0 Å². The standard InChI is InChI=1S/C16H19FN4O/c1-20-10-14(9-18-20)19-16(22)11-21-8-2-3-15(21)12-4-6-13(17)7-5-12/h4-7,9-10,15H,2-3,8,11H2,1H3,(H,19,22). The van der Waals surface area contributed by atoms with E-state index in [-0.39, 0.29) is 17.8 Å². The van der Waals surface area contributed by atoms with Crippen molar-refractivity contribution in [3.8, 4) is 0 Å². The van der Waals surface area contributed by atoms with Gasteiger partial charge in [-0.25, -0.2) is 4.39 Å². The first kappa shape index (κ1) is 14.7. The highest BCUT2D eigenvalue weighted by molar-refractivity contribution is 5.92. The highest BCUT2D eigenvalue weighted by atomic mass is 19.1. The van der Waals surface area contributed by atoms with E-state index in [1.165, 1.54) is 12.1 Å². The molecule has 1 aliphatic heterocycles. The van der Waals surface area contributed by atoms with Crippen molar-refractivity contribution in [2.24, 2.45) is 7.05 Å². The molecular formula is C16H19FN4O. The zero-order valence-corrected chi connectivity index (χ0v) is 12.5. The summed E-state index contributed by atoms with van der Waals surface area (Å²) in [7, 11) is 1.81. The predicted octanol–water partition coefficient (Wildman–Crippen LogP) is 2.33. The smallest absolute Gasteiger partial charge is 0.238 e. The number of amides is 1. The van der Waals surface area contributed by atoms with Gasteiger partial charge >= 0.3 is 0 Å². The van der Waals surface area contributed by atoms with Crippen molar-refractivity contribution in [1.82, 2.24) is 14.7 Å².